The van der Waals surface area contributed by atoms with Crippen molar-refractivity contribution in [1.29, 1.82) is 0 Å². The van der Waals surface area contributed by atoms with Gasteiger partial charge in [-0.25, -0.2) is 8.42 Å². The van der Waals surface area contributed by atoms with Gasteiger partial charge in [-0.15, -0.1) is 11.3 Å². The van der Waals surface area contributed by atoms with Gasteiger partial charge in [0.25, 0.3) is 0 Å². The fraction of sp³-hybridized carbons (Fsp3) is 0.667. The second kappa shape index (κ2) is 7.13. The molecule has 0 aliphatic carbocycles. The van der Waals surface area contributed by atoms with E-state index in [9.17, 15) is 8.42 Å². The van der Waals surface area contributed by atoms with Gasteiger partial charge in [-0.2, -0.15) is 0 Å². The number of hydrogen-bond donors (Lipinski definition) is 1. The molecule has 0 aliphatic rings. The van der Waals surface area contributed by atoms with E-state index in [-0.39, 0.29) is 5.75 Å². The van der Waals surface area contributed by atoms with Crippen molar-refractivity contribution in [2.45, 2.75) is 33.2 Å². The molecule has 0 amide bonds. The average molecular weight is 275 g/mol. The first-order chi connectivity index (χ1) is 8.07. The summed E-state index contributed by atoms with van der Waals surface area (Å²) in [5.41, 5.74) is 0. The molecule has 0 aliphatic heterocycles. The van der Waals surface area contributed by atoms with Gasteiger partial charge in [0.1, 0.15) is 0 Å². The summed E-state index contributed by atoms with van der Waals surface area (Å²) in [6.07, 6.45) is 1.77. The van der Waals surface area contributed by atoms with Gasteiger partial charge in [0.2, 0.25) is 0 Å². The predicted octanol–water partition coefficient (Wildman–Crippen LogP) is 2.22. The Bertz CT molecular complexity index is 423. The van der Waals surface area contributed by atoms with E-state index in [0.717, 1.165) is 13.0 Å². The van der Waals surface area contributed by atoms with Crippen molar-refractivity contribution in [3.05, 3.63) is 21.9 Å². The van der Waals surface area contributed by atoms with Gasteiger partial charge in [0.05, 0.1) is 5.75 Å². The van der Waals surface area contributed by atoms with Crippen LogP contribution in [0.1, 0.15) is 30.0 Å². The molecular formula is C12H21NO2S2. The Hall–Kier alpha value is -0.390. The van der Waals surface area contributed by atoms with Crippen molar-refractivity contribution in [2.24, 2.45) is 0 Å². The van der Waals surface area contributed by atoms with Crippen LogP contribution in [0.2, 0.25) is 0 Å². The molecule has 1 aromatic heterocycles. The quantitative estimate of drug-likeness (QED) is 0.740. The summed E-state index contributed by atoms with van der Waals surface area (Å²) < 4.78 is 22.9. The molecule has 1 heterocycles. The van der Waals surface area contributed by atoms with E-state index < -0.39 is 9.84 Å². The highest BCUT2D eigenvalue weighted by molar-refractivity contribution is 7.91. The molecule has 0 atom stereocenters. The first-order valence-electron chi connectivity index (χ1n) is 6.06. The van der Waals surface area contributed by atoms with E-state index in [1.54, 1.807) is 11.3 Å². The van der Waals surface area contributed by atoms with E-state index in [2.05, 4.69) is 24.4 Å². The van der Waals surface area contributed by atoms with Crippen LogP contribution in [-0.4, -0.2) is 26.5 Å². The normalized spacial score (nSPS) is 11.9. The van der Waals surface area contributed by atoms with Gasteiger partial charge in [-0.05, 0) is 25.0 Å². The van der Waals surface area contributed by atoms with E-state index in [1.807, 2.05) is 6.92 Å². The summed E-state index contributed by atoms with van der Waals surface area (Å²) in [5, 5.41) is 3.18. The fourth-order valence-corrected chi connectivity index (χ4v) is 3.77. The topological polar surface area (TPSA) is 46.2 Å². The molecule has 0 bridgehead atoms. The Morgan fingerprint density at radius 2 is 1.88 bits per heavy atom. The van der Waals surface area contributed by atoms with E-state index >= 15 is 0 Å². The minimum absolute atomic E-state index is 0.243. The third-order valence-corrected chi connectivity index (χ3v) is 5.56. The molecule has 1 aromatic rings. The lowest BCUT2D eigenvalue weighted by Crippen LogP contribution is -2.23. The molecule has 0 aromatic carbocycles. The third-order valence-electron chi connectivity index (χ3n) is 2.47. The van der Waals surface area contributed by atoms with Crippen LogP contribution in [0.15, 0.2) is 12.1 Å². The largest absolute Gasteiger partial charge is 0.311 e. The highest BCUT2D eigenvalue weighted by Gasteiger charge is 2.08. The molecule has 5 heteroatoms. The first-order valence-corrected chi connectivity index (χ1v) is 8.70. The van der Waals surface area contributed by atoms with Crippen molar-refractivity contribution in [2.75, 3.05) is 18.1 Å². The van der Waals surface area contributed by atoms with Crippen LogP contribution in [-0.2, 0) is 22.8 Å². The SMILES string of the molecule is CCCS(=O)(=O)CCNCc1ccc(CC)s1. The van der Waals surface area contributed by atoms with Gasteiger partial charge in [0, 0.05) is 28.6 Å². The molecular weight excluding hydrogens is 254 g/mol. The maximum atomic E-state index is 11.5. The van der Waals surface area contributed by atoms with Crippen LogP contribution in [0.5, 0.6) is 0 Å². The monoisotopic (exact) mass is 275 g/mol. The van der Waals surface area contributed by atoms with E-state index in [4.69, 9.17) is 0 Å². The zero-order valence-corrected chi connectivity index (χ0v) is 12.2. The minimum Gasteiger partial charge on any atom is -0.311 e. The molecule has 0 unspecified atom stereocenters. The van der Waals surface area contributed by atoms with Gasteiger partial charge < -0.3 is 5.32 Å². The number of aryl methyl sites for hydroxylation is 1. The fourth-order valence-electron chi connectivity index (χ4n) is 1.56. The highest BCUT2D eigenvalue weighted by atomic mass is 32.2. The van der Waals surface area contributed by atoms with Crippen LogP contribution in [0, 0.1) is 0 Å². The standard InChI is InChI=1S/C12H21NO2S2/c1-3-8-17(14,15)9-7-13-10-12-6-5-11(4-2)16-12/h5-6,13H,3-4,7-10H2,1-2H3. The zero-order valence-electron chi connectivity index (χ0n) is 10.5. The summed E-state index contributed by atoms with van der Waals surface area (Å²) in [7, 11) is -2.84. The number of thiophene rings is 1. The van der Waals surface area contributed by atoms with Crippen molar-refractivity contribution in [3.63, 3.8) is 0 Å². The van der Waals surface area contributed by atoms with Crippen LogP contribution < -0.4 is 5.32 Å². The zero-order chi connectivity index (χ0) is 12.7. The number of rotatable bonds is 8. The summed E-state index contributed by atoms with van der Waals surface area (Å²) in [6, 6.07) is 4.24. The van der Waals surface area contributed by atoms with Crippen molar-refractivity contribution in [3.8, 4) is 0 Å². The maximum absolute atomic E-state index is 11.5. The molecule has 1 N–H and O–H groups in total. The molecule has 0 saturated carbocycles. The molecule has 0 spiro atoms. The van der Waals surface area contributed by atoms with E-state index in [0.29, 0.717) is 18.7 Å². The molecule has 0 fully saturated rings. The van der Waals surface area contributed by atoms with E-state index in [1.165, 1.54) is 9.75 Å². The Labute approximate surface area is 108 Å². The molecule has 17 heavy (non-hydrogen) atoms. The van der Waals surface area contributed by atoms with Crippen LogP contribution in [0.3, 0.4) is 0 Å². The van der Waals surface area contributed by atoms with Crippen molar-refractivity contribution < 1.29 is 8.42 Å². The lowest BCUT2D eigenvalue weighted by atomic mass is 10.3. The number of hydrogen-bond acceptors (Lipinski definition) is 4. The number of nitrogens with one attached hydrogen (secondary N) is 1. The Balaban J connectivity index is 2.24. The Morgan fingerprint density at radius 3 is 2.47 bits per heavy atom. The summed E-state index contributed by atoms with van der Waals surface area (Å²) in [4.78, 5) is 2.65. The van der Waals surface area contributed by atoms with Gasteiger partial charge in [0.15, 0.2) is 9.84 Å². The second-order valence-electron chi connectivity index (χ2n) is 4.05. The smallest absolute Gasteiger partial charge is 0.151 e. The lowest BCUT2D eigenvalue weighted by Gasteiger charge is -2.04. The van der Waals surface area contributed by atoms with Crippen LogP contribution in [0.4, 0.5) is 0 Å². The summed E-state index contributed by atoms with van der Waals surface area (Å²) in [5.74, 6) is 0.542. The molecule has 98 valence electrons. The van der Waals surface area contributed by atoms with Gasteiger partial charge in [-0.1, -0.05) is 13.8 Å². The number of sulfone groups is 1. The van der Waals surface area contributed by atoms with Gasteiger partial charge in [-0.3, -0.25) is 0 Å². The molecule has 3 nitrogen and oxygen atoms in total. The summed E-state index contributed by atoms with van der Waals surface area (Å²) in [6.45, 7) is 5.34. The maximum Gasteiger partial charge on any atom is 0.151 e. The Morgan fingerprint density at radius 1 is 1.18 bits per heavy atom. The van der Waals surface area contributed by atoms with Crippen LogP contribution in [0.25, 0.3) is 0 Å². The average Bonchev–Trinajstić information content (AvgIpc) is 2.72. The minimum atomic E-state index is -2.84. The van der Waals surface area contributed by atoms with Gasteiger partial charge >= 0.3 is 0 Å². The molecule has 0 saturated heterocycles. The lowest BCUT2D eigenvalue weighted by molar-refractivity contribution is 0.589. The highest BCUT2D eigenvalue weighted by Crippen LogP contribution is 2.16. The first kappa shape index (κ1) is 14.7. The Kier molecular flexibility index (Phi) is 6.16. The second-order valence-corrected chi connectivity index (χ2v) is 7.61. The predicted molar refractivity (Wildman–Crippen MR) is 74.3 cm³/mol. The van der Waals surface area contributed by atoms with Crippen LogP contribution >= 0.6 is 11.3 Å². The van der Waals surface area contributed by atoms with Crippen molar-refractivity contribution >= 4 is 21.2 Å². The summed E-state index contributed by atoms with van der Waals surface area (Å²) >= 11 is 1.79. The molecule has 0 radical (unpaired) electrons. The third kappa shape index (κ3) is 5.66. The van der Waals surface area contributed by atoms with Crippen molar-refractivity contribution in [1.82, 2.24) is 5.32 Å². The molecule has 1 rings (SSSR count).